The van der Waals surface area contributed by atoms with Crippen LogP contribution in [-0.4, -0.2) is 42.0 Å². The van der Waals surface area contributed by atoms with Gasteiger partial charge in [0, 0.05) is 25.3 Å². The van der Waals surface area contributed by atoms with E-state index < -0.39 is 0 Å². The molecule has 0 unspecified atom stereocenters. The molecule has 0 aliphatic carbocycles. The summed E-state index contributed by atoms with van der Waals surface area (Å²) < 4.78 is 5.11. The molecule has 1 amide bonds. The Morgan fingerprint density at radius 2 is 2.50 bits per heavy atom. The van der Waals surface area contributed by atoms with Crippen LogP contribution in [-0.2, 0) is 0 Å². The largest absolute Gasteiger partial charge is 0.494 e. The maximum atomic E-state index is 12.1. The number of methoxy groups -OCH3 is 1. The van der Waals surface area contributed by atoms with Gasteiger partial charge in [-0.25, -0.2) is 0 Å². The Kier molecular flexibility index (Phi) is 3.05. The lowest BCUT2D eigenvalue weighted by Gasteiger charge is -2.17. The molecule has 2 N–H and O–H groups in total. The maximum absolute atomic E-state index is 12.1. The highest BCUT2D eigenvalue weighted by Crippen LogP contribution is 2.20. The van der Waals surface area contributed by atoms with Gasteiger partial charge in [0.1, 0.15) is 5.75 Å². The molecule has 0 aromatic carbocycles. The number of carbonyl (C=O) groups excluding carboxylic acids is 1. The number of nitrogens with two attached hydrogens (primary N) is 1. The van der Waals surface area contributed by atoms with Crippen LogP contribution in [0.3, 0.4) is 0 Å². The maximum Gasteiger partial charge on any atom is 0.257 e. The smallest absolute Gasteiger partial charge is 0.257 e. The molecular formula is C11H15N3O2. The molecule has 2 heterocycles. The third kappa shape index (κ3) is 1.99. The Hall–Kier alpha value is -1.62. The van der Waals surface area contributed by atoms with Crippen LogP contribution in [0, 0.1) is 0 Å². The second-order valence-electron chi connectivity index (χ2n) is 3.88. The molecule has 16 heavy (non-hydrogen) atoms. The van der Waals surface area contributed by atoms with Crippen molar-refractivity contribution in [2.24, 2.45) is 5.73 Å². The lowest BCUT2D eigenvalue weighted by molar-refractivity contribution is 0.0787. The van der Waals surface area contributed by atoms with Gasteiger partial charge >= 0.3 is 0 Å². The first-order chi connectivity index (χ1) is 7.72. The first kappa shape index (κ1) is 10.9. The summed E-state index contributed by atoms with van der Waals surface area (Å²) in [4.78, 5) is 17.8. The predicted octanol–water partition coefficient (Wildman–Crippen LogP) is 0.263. The van der Waals surface area contributed by atoms with E-state index in [0.717, 1.165) is 6.42 Å². The molecule has 5 heteroatoms. The zero-order valence-electron chi connectivity index (χ0n) is 9.22. The molecule has 0 bridgehead atoms. The molecule has 1 aromatic heterocycles. The van der Waals surface area contributed by atoms with Gasteiger partial charge in [0.05, 0.1) is 18.9 Å². The quantitative estimate of drug-likeness (QED) is 0.778. The van der Waals surface area contributed by atoms with Crippen molar-refractivity contribution >= 4 is 5.91 Å². The summed E-state index contributed by atoms with van der Waals surface area (Å²) in [6, 6.07) is 1.77. The van der Waals surface area contributed by atoms with E-state index in [2.05, 4.69) is 4.98 Å². The molecule has 1 atom stereocenters. The minimum absolute atomic E-state index is 0.0350. The molecule has 5 nitrogen and oxygen atoms in total. The number of aromatic nitrogens is 1. The summed E-state index contributed by atoms with van der Waals surface area (Å²) in [7, 11) is 1.53. The van der Waals surface area contributed by atoms with Crippen LogP contribution >= 0.6 is 0 Å². The van der Waals surface area contributed by atoms with Gasteiger partial charge < -0.3 is 15.4 Å². The number of hydrogen-bond acceptors (Lipinski definition) is 4. The molecule has 0 spiro atoms. The topological polar surface area (TPSA) is 68.5 Å². The average Bonchev–Trinajstić information content (AvgIpc) is 2.75. The summed E-state index contributed by atoms with van der Waals surface area (Å²) in [5, 5.41) is 0. The van der Waals surface area contributed by atoms with Crippen molar-refractivity contribution in [2.75, 3.05) is 20.2 Å². The summed E-state index contributed by atoms with van der Waals surface area (Å²) >= 11 is 0. The number of ether oxygens (including phenoxy) is 1. The highest BCUT2D eigenvalue weighted by molar-refractivity contribution is 5.96. The summed E-state index contributed by atoms with van der Waals surface area (Å²) in [5.41, 5.74) is 6.32. The zero-order chi connectivity index (χ0) is 11.5. The van der Waals surface area contributed by atoms with E-state index in [-0.39, 0.29) is 11.9 Å². The van der Waals surface area contributed by atoms with Crippen molar-refractivity contribution in [1.82, 2.24) is 9.88 Å². The van der Waals surface area contributed by atoms with Crippen molar-refractivity contribution in [1.29, 1.82) is 0 Å². The van der Waals surface area contributed by atoms with Gasteiger partial charge in [-0.2, -0.15) is 0 Å². The molecular weight excluding hydrogens is 206 g/mol. The van der Waals surface area contributed by atoms with E-state index in [9.17, 15) is 4.79 Å². The lowest BCUT2D eigenvalue weighted by atomic mass is 10.2. The fourth-order valence-electron chi connectivity index (χ4n) is 1.86. The second kappa shape index (κ2) is 4.49. The van der Waals surface area contributed by atoms with E-state index in [1.165, 1.54) is 7.11 Å². The highest BCUT2D eigenvalue weighted by atomic mass is 16.5. The van der Waals surface area contributed by atoms with Gasteiger partial charge in [-0.3, -0.25) is 9.78 Å². The zero-order valence-corrected chi connectivity index (χ0v) is 9.22. The normalized spacial score (nSPS) is 19.9. The average molecular weight is 221 g/mol. The van der Waals surface area contributed by atoms with Gasteiger partial charge in [-0.05, 0) is 12.5 Å². The molecule has 1 aromatic rings. The lowest BCUT2D eigenvalue weighted by Crippen LogP contribution is -2.32. The number of rotatable bonds is 2. The van der Waals surface area contributed by atoms with Crippen LogP contribution < -0.4 is 10.5 Å². The first-order valence-corrected chi connectivity index (χ1v) is 5.25. The summed E-state index contributed by atoms with van der Waals surface area (Å²) in [6.45, 7) is 1.33. The molecule has 1 aliphatic rings. The van der Waals surface area contributed by atoms with Crippen LogP contribution in [0.4, 0.5) is 0 Å². The van der Waals surface area contributed by atoms with Crippen LogP contribution in [0.25, 0.3) is 0 Å². The Morgan fingerprint density at radius 1 is 1.69 bits per heavy atom. The minimum atomic E-state index is -0.0350. The Labute approximate surface area is 94.2 Å². The van der Waals surface area contributed by atoms with Gasteiger partial charge in [0.15, 0.2) is 0 Å². The molecule has 2 rings (SSSR count). The first-order valence-electron chi connectivity index (χ1n) is 5.25. The second-order valence-corrected chi connectivity index (χ2v) is 3.88. The fraction of sp³-hybridized carbons (Fsp3) is 0.455. The van der Waals surface area contributed by atoms with Crippen LogP contribution in [0.15, 0.2) is 18.5 Å². The van der Waals surface area contributed by atoms with E-state index in [1.807, 2.05) is 0 Å². The minimum Gasteiger partial charge on any atom is -0.494 e. The molecule has 0 saturated carbocycles. The Bertz CT molecular complexity index is 395. The number of carbonyl (C=O) groups is 1. The number of amides is 1. The fourth-order valence-corrected chi connectivity index (χ4v) is 1.86. The number of likely N-dealkylation sites (tertiary alicyclic amines) is 1. The van der Waals surface area contributed by atoms with Crippen molar-refractivity contribution in [3.63, 3.8) is 0 Å². The van der Waals surface area contributed by atoms with Gasteiger partial charge in [-0.15, -0.1) is 0 Å². The van der Waals surface area contributed by atoms with Gasteiger partial charge in [-0.1, -0.05) is 0 Å². The molecule has 1 fully saturated rings. The molecule has 86 valence electrons. The van der Waals surface area contributed by atoms with Crippen LogP contribution in [0.5, 0.6) is 5.75 Å². The summed E-state index contributed by atoms with van der Waals surface area (Å²) in [6.07, 6.45) is 3.99. The van der Waals surface area contributed by atoms with E-state index in [0.29, 0.717) is 24.4 Å². The van der Waals surface area contributed by atoms with Crippen molar-refractivity contribution in [2.45, 2.75) is 12.5 Å². The van der Waals surface area contributed by atoms with Gasteiger partial charge in [0.2, 0.25) is 0 Å². The molecule has 1 saturated heterocycles. The Morgan fingerprint density at radius 3 is 3.12 bits per heavy atom. The van der Waals surface area contributed by atoms with Crippen molar-refractivity contribution < 1.29 is 9.53 Å². The molecule has 1 aliphatic heterocycles. The van der Waals surface area contributed by atoms with E-state index >= 15 is 0 Å². The highest BCUT2D eigenvalue weighted by Gasteiger charge is 2.26. The van der Waals surface area contributed by atoms with E-state index in [1.54, 1.807) is 23.4 Å². The standard InChI is InChI=1S/C11H15N3O2/c1-16-10-6-13-4-2-9(10)11(15)14-5-3-8(12)7-14/h2,4,6,8H,3,5,7,12H2,1H3/t8-/m0/s1. The number of pyridine rings is 1. The summed E-state index contributed by atoms with van der Waals surface area (Å²) in [5.74, 6) is 0.472. The van der Waals surface area contributed by atoms with Gasteiger partial charge in [0.25, 0.3) is 5.91 Å². The third-order valence-corrected chi connectivity index (χ3v) is 2.75. The SMILES string of the molecule is COc1cnccc1C(=O)N1CC[C@H](N)C1. The van der Waals surface area contributed by atoms with Crippen LogP contribution in [0.2, 0.25) is 0 Å². The molecule has 0 radical (unpaired) electrons. The Balaban J connectivity index is 2.20. The van der Waals surface area contributed by atoms with Crippen molar-refractivity contribution in [3.05, 3.63) is 24.0 Å². The van der Waals surface area contributed by atoms with Crippen molar-refractivity contribution in [3.8, 4) is 5.75 Å². The van der Waals surface area contributed by atoms with Crippen LogP contribution in [0.1, 0.15) is 16.8 Å². The monoisotopic (exact) mass is 221 g/mol. The predicted molar refractivity (Wildman–Crippen MR) is 59.3 cm³/mol. The third-order valence-electron chi connectivity index (χ3n) is 2.75. The number of hydrogen-bond donors (Lipinski definition) is 1. The number of nitrogens with zero attached hydrogens (tertiary/aromatic N) is 2. The van der Waals surface area contributed by atoms with E-state index in [4.69, 9.17) is 10.5 Å².